The molecule has 1 aliphatic carbocycles. The highest BCUT2D eigenvalue weighted by atomic mass is 32.2. The Balaban J connectivity index is 1.64. The maximum absolute atomic E-state index is 15.3. The van der Waals surface area contributed by atoms with Gasteiger partial charge in [-0.05, 0) is 55.9 Å². The highest BCUT2D eigenvalue weighted by Crippen LogP contribution is 2.40. The van der Waals surface area contributed by atoms with Crippen LogP contribution in [0.1, 0.15) is 36.8 Å². The predicted molar refractivity (Wildman–Crippen MR) is 97.7 cm³/mol. The zero-order chi connectivity index (χ0) is 17.9. The first-order valence-electron chi connectivity index (χ1n) is 8.68. The van der Waals surface area contributed by atoms with Gasteiger partial charge in [0.1, 0.15) is 0 Å². The molecule has 0 radical (unpaired) electrons. The van der Waals surface area contributed by atoms with Crippen LogP contribution in [0, 0.1) is 6.92 Å². The average molecular weight is 361 g/mol. The first kappa shape index (κ1) is 18.1. The van der Waals surface area contributed by atoms with Crippen LogP contribution in [-0.4, -0.2) is 19.5 Å². The third-order valence-corrected chi connectivity index (χ3v) is 7.20. The summed E-state index contributed by atoms with van der Waals surface area (Å²) < 4.78 is 40.8. The second-order valence-electron chi connectivity index (χ2n) is 6.84. The van der Waals surface area contributed by atoms with Crippen LogP contribution in [0.4, 0.5) is 4.39 Å². The molecule has 1 saturated carbocycles. The van der Waals surface area contributed by atoms with E-state index in [2.05, 4.69) is 5.32 Å². The molecule has 0 saturated heterocycles. The summed E-state index contributed by atoms with van der Waals surface area (Å²) in [5, 5.41) is 1.25. The molecule has 25 heavy (non-hydrogen) atoms. The fourth-order valence-electron chi connectivity index (χ4n) is 3.37. The van der Waals surface area contributed by atoms with E-state index in [1.165, 1.54) is 11.6 Å². The molecule has 0 atom stereocenters. The van der Waals surface area contributed by atoms with Gasteiger partial charge in [-0.1, -0.05) is 42.5 Å². The lowest BCUT2D eigenvalue weighted by molar-refractivity contribution is 0.173. The van der Waals surface area contributed by atoms with Crippen molar-refractivity contribution in [1.82, 2.24) is 5.32 Å². The monoisotopic (exact) mass is 361 g/mol. The molecule has 0 aliphatic heterocycles. The number of nitrogens with one attached hydrogen (secondary N) is 1. The molecule has 0 amide bonds. The Morgan fingerprint density at radius 3 is 2.40 bits per heavy atom. The van der Waals surface area contributed by atoms with Gasteiger partial charge >= 0.3 is 0 Å². The highest BCUT2D eigenvalue weighted by Gasteiger charge is 2.47. The summed E-state index contributed by atoms with van der Waals surface area (Å²) in [5.41, 5.74) is 2.00. The van der Waals surface area contributed by atoms with Crippen molar-refractivity contribution in [3.63, 3.8) is 0 Å². The van der Waals surface area contributed by atoms with Crippen molar-refractivity contribution in [2.45, 2.75) is 55.1 Å². The van der Waals surface area contributed by atoms with Gasteiger partial charge in [-0.15, -0.1) is 0 Å². The van der Waals surface area contributed by atoms with Gasteiger partial charge in [-0.2, -0.15) is 0 Å². The predicted octanol–water partition coefficient (Wildman–Crippen LogP) is 4.17. The van der Waals surface area contributed by atoms with E-state index in [0.717, 1.165) is 12.1 Å². The van der Waals surface area contributed by atoms with Crippen LogP contribution in [0.5, 0.6) is 0 Å². The van der Waals surface area contributed by atoms with Crippen molar-refractivity contribution in [2.24, 2.45) is 0 Å². The molecule has 0 bridgehead atoms. The van der Waals surface area contributed by atoms with Crippen LogP contribution >= 0.6 is 0 Å². The zero-order valence-electron chi connectivity index (χ0n) is 14.4. The van der Waals surface area contributed by atoms with Crippen molar-refractivity contribution in [3.8, 4) is 0 Å². The fraction of sp³-hybridized carbons (Fsp3) is 0.400. The first-order chi connectivity index (χ1) is 11.9. The molecule has 2 aromatic rings. The summed E-state index contributed by atoms with van der Waals surface area (Å²) in [5.74, 6) is 0. The summed E-state index contributed by atoms with van der Waals surface area (Å²) in [4.78, 5) is 0.0886. The molecule has 0 unspecified atom stereocenters. The Bertz CT molecular complexity index is 813. The van der Waals surface area contributed by atoms with E-state index in [-0.39, 0.29) is 23.8 Å². The van der Waals surface area contributed by atoms with Gasteiger partial charge < -0.3 is 5.32 Å². The minimum Gasteiger partial charge on any atom is -0.310 e. The Kier molecular flexibility index (Phi) is 5.25. The SMILES string of the molecule is Cc1cccc(S(=O)(=O)C2(F)CCC(NCc3ccccc3)CC2)c1. The topological polar surface area (TPSA) is 46.2 Å². The van der Waals surface area contributed by atoms with Gasteiger partial charge in [0.25, 0.3) is 0 Å². The van der Waals surface area contributed by atoms with Gasteiger partial charge in [0.05, 0.1) is 4.90 Å². The van der Waals surface area contributed by atoms with Crippen LogP contribution in [0.15, 0.2) is 59.5 Å². The third kappa shape index (κ3) is 3.93. The second kappa shape index (κ2) is 7.26. The van der Waals surface area contributed by atoms with Crippen molar-refractivity contribution in [3.05, 3.63) is 65.7 Å². The number of rotatable bonds is 5. The van der Waals surface area contributed by atoms with Crippen molar-refractivity contribution >= 4 is 9.84 Å². The van der Waals surface area contributed by atoms with Crippen LogP contribution in [0.25, 0.3) is 0 Å². The molecule has 5 heteroatoms. The Morgan fingerprint density at radius 1 is 1.08 bits per heavy atom. The Labute approximate surface area is 149 Å². The largest absolute Gasteiger partial charge is 0.310 e. The van der Waals surface area contributed by atoms with Crippen molar-refractivity contribution in [2.75, 3.05) is 0 Å². The van der Waals surface area contributed by atoms with Crippen molar-refractivity contribution < 1.29 is 12.8 Å². The summed E-state index contributed by atoms with van der Waals surface area (Å²) in [6, 6.07) is 16.7. The molecule has 0 aromatic heterocycles. The molecule has 2 aromatic carbocycles. The maximum atomic E-state index is 15.3. The lowest BCUT2D eigenvalue weighted by Crippen LogP contribution is -2.43. The highest BCUT2D eigenvalue weighted by molar-refractivity contribution is 7.92. The standard InChI is InChI=1S/C20H24FNO2S/c1-16-6-5-9-19(14-16)25(23,24)20(21)12-10-18(11-13-20)22-15-17-7-3-2-4-8-17/h2-9,14,18,22H,10-13,15H2,1H3. The van der Waals surface area contributed by atoms with Gasteiger partial charge in [0, 0.05) is 12.6 Å². The van der Waals surface area contributed by atoms with E-state index >= 15 is 4.39 Å². The van der Waals surface area contributed by atoms with Gasteiger partial charge in [0.2, 0.25) is 14.8 Å². The molecule has 0 spiro atoms. The minimum atomic E-state index is -3.97. The smallest absolute Gasteiger partial charge is 0.215 e. The molecule has 1 aliphatic rings. The first-order valence-corrected chi connectivity index (χ1v) is 10.2. The summed E-state index contributed by atoms with van der Waals surface area (Å²) in [6.07, 6.45) is 1.12. The molecule has 1 N–H and O–H groups in total. The summed E-state index contributed by atoms with van der Waals surface area (Å²) in [6.45, 7) is 2.53. The van der Waals surface area contributed by atoms with E-state index in [1.807, 2.05) is 43.3 Å². The number of sulfone groups is 1. The molecular weight excluding hydrogens is 337 g/mol. The molecule has 134 valence electrons. The van der Waals surface area contributed by atoms with Gasteiger partial charge in [-0.3, -0.25) is 0 Å². The van der Waals surface area contributed by atoms with Crippen LogP contribution < -0.4 is 5.32 Å². The Morgan fingerprint density at radius 2 is 1.76 bits per heavy atom. The lowest BCUT2D eigenvalue weighted by atomic mass is 9.93. The van der Waals surface area contributed by atoms with Gasteiger partial charge in [0.15, 0.2) is 0 Å². The summed E-state index contributed by atoms with van der Waals surface area (Å²) >= 11 is 0. The molecular formula is C20H24FNO2S. The average Bonchev–Trinajstić information content (AvgIpc) is 2.62. The number of hydrogen-bond acceptors (Lipinski definition) is 3. The van der Waals surface area contributed by atoms with E-state index in [1.54, 1.807) is 12.1 Å². The number of alkyl halides is 1. The van der Waals surface area contributed by atoms with Crippen LogP contribution in [0.3, 0.4) is 0 Å². The maximum Gasteiger partial charge on any atom is 0.215 e. The zero-order valence-corrected chi connectivity index (χ0v) is 15.2. The van der Waals surface area contributed by atoms with E-state index in [9.17, 15) is 8.42 Å². The fourth-order valence-corrected chi connectivity index (χ4v) is 5.17. The quantitative estimate of drug-likeness (QED) is 0.869. The van der Waals surface area contributed by atoms with E-state index in [0.29, 0.717) is 12.8 Å². The van der Waals surface area contributed by atoms with Crippen LogP contribution in [-0.2, 0) is 16.4 Å². The second-order valence-corrected chi connectivity index (χ2v) is 9.05. The molecule has 3 nitrogen and oxygen atoms in total. The number of halogens is 1. The van der Waals surface area contributed by atoms with Crippen LogP contribution in [0.2, 0.25) is 0 Å². The molecule has 3 rings (SSSR count). The number of hydrogen-bond donors (Lipinski definition) is 1. The molecule has 0 heterocycles. The lowest BCUT2D eigenvalue weighted by Gasteiger charge is -2.34. The minimum absolute atomic E-state index is 0.0374. The third-order valence-electron chi connectivity index (χ3n) is 4.95. The van der Waals surface area contributed by atoms with Gasteiger partial charge in [-0.25, -0.2) is 12.8 Å². The van der Waals surface area contributed by atoms with E-state index in [4.69, 9.17) is 0 Å². The number of benzene rings is 2. The number of aryl methyl sites for hydroxylation is 1. The molecule has 1 fully saturated rings. The summed E-state index contributed by atoms with van der Waals surface area (Å²) in [7, 11) is -3.97. The van der Waals surface area contributed by atoms with Crippen molar-refractivity contribution in [1.29, 1.82) is 0 Å². The Hall–Kier alpha value is -1.72. The van der Waals surface area contributed by atoms with E-state index < -0.39 is 14.8 Å². The normalized spacial score (nSPS) is 24.2.